The minimum atomic E-state index is 0.373. The van der Waals surface area contributed by atoms with Crippen molar-refractivity contribution in [1.82, 2.24) is 19.7 Å². The van der Waals surface area contributed by atoms with Crippen LogP contribution in [-0.2, 0) is 11.3 Å². The first-order valence-electron chi connectivity index (χ1n) is 8.96. The number of hydrogen-bond acceptors (Lipinski definition) is 3. The highest BCUT2D eigenvalue weighted by Crippen LogP contribution is 2.56. The molecule has 1 amide bonds. The van der Waals surface area contributed by atoms with Gasteiger partial charge in [0.15, 0.2) is 0 Å². The molecule has 0 spiro atoms. The summed E-state index contributed by atoms with van der Waals surface area (Å²) in [6, 6.07) is 0. The summed E-state index contributed by atoms with van der Waals surface area (Å²) in [4.78, 5) is 14.9. The van der Waals surface area contributed by atoms with Crippen molar-refractivity contribution in [2.75, 3.05) is 13.1 Å². The third-order valence-corrected chi connectivity index (χ3v) is 6.10. The number of likely N-dealkylation sites (tertiary alicyclic amines) is 1. The van der Waals surface area contributed by atoms with Crippen LogP contribution in [0.3, 0.4) is 0 Å². The van der Waals surface area contributed by atoms with Gasteiger partial charge in [0.05, 0.1) is 0 Å². The molecule has 5 heteroatoms. The molecule has 0 N–H and O–H groups in total. The van der Waals surface area contributed by atoms with Crippen LogP contribution in [-0.4, -0.2) is 38.7 Å². The molecule has 2 heterocycles. The van der Waals surface area contributed by atoms with E-state index in [0.29, 0.717) is 17.7 Å². The van der Waals surface area contributed by atoms with Crippen LogP contribution < -0.4 is 0 Å². The van der Waals surface area contributed by atoms with Crippen molar-refractivity contribution in [2.24, 2.45) is 17.8 Å². The highest BCUT2D eigenvalue weighted by molar-refractivity contribution is 5.82. The van der Waals surface area contributed by atoms with Gasteiger partial charge in [-0.15, -0.1) is 10.2 Å². The van der Waals surface area contributed by atoms with E-state index in [0.717, 1.165) is 50.1 Å². The fraction of sp³-hybridized carbons (Fsp3) is 0.824. The lowest BCUT2D eigenvalue weighted by molar-refractivity contribution is -0.134. The zero-order valence-corrected chi connectivity index (χ0v) is 13.4. The van der Waals surface area contributed by atoms with Crippen LogP contribution in [0.15, 0.2) is 6.33 Å². The largest absolute Gasteiger partial charge is 0.342 e. The van der Waals surface area contributed by atoms with Gasteiger partial charge in [0.2, 0.25) is 5.91 Å². The van der Waals surface area contributed by atoms with Gasteiger partial charge in [-0.2, -0.15) is 0 Å². The second-order valence-electron chi connectivity index (χ2n) is 7.21. The van der Waals surface area contributed by atoms with Crippen LogP contribution in [0.4, 0.5) is 0 Å². The smallest absolute Gasteiger partial charge is 0.226 e. The molecular formula is C17H26N4O. The minimum Gasteiger partial charge on any atom is -0.342 e. The Kier molecular flexibility index (Phi) is 3.66. The monoisotopic (exact) mass is 302 g/mol. The number of fused-ring (bicyclic) bond motifs is 1. The summed E-state index contributed by atoms with van der Waals surface area (Å²) in [6.07, 6.45) is 9.13. The van der Waals surface area contributed by atoms with Crippen molar-refractivity contribution in [2.45, 2.75) is 57.9 Å². The standard InChI is InChI=1S/C17H26N4O/c1-2-20-11-18-19-16(20)12-7-9-21(10-8-12)17(22)15-13-5-3-4-6-14(13)15/h11-15H,2-10H2,1H3/t13-,14-/m0/s1. The lowest BCUT2D eigenvalue weighted by Crippen LogP contribution is -2.39. The predicted octanol–water partition coefficient (Wildman–Crippen LogP) is 2.44. The van der Waals surface area contributed by atoms with Gasteiger partial charge in [-0.05, 0) is 44.4 Å². The maximum Gasteiger partial charge on any atom is 0.226 e. The van der Waals surface area contributed by atoms with Gasteiger partial charge in [-0.25, -0.2) is 0 Å². The quantitative estimate of drug-likeness (QED) is 0.861. The molecule has 0 aromatic carbocycles. The summed E-state index contributed by atoms with van der Waals surface area (Å²) in [7, 11) is 0. The average molecular weight is 302 g/mol. The van der Waals surface area contributed by atoms with Crippen molar-refractivity contribution < 1.29 is 4.79 Å². The van der Waals surface area contributed by atoms with E-state index in [1.54, 1.807) is 0 Å². The molecule has 2 aliphatic carbocycles. The number of piperidine rings is 1. The Balaban J connectivity index is 1.35. The second kappa shape index (κ2) is 5.67. The number of aryl methyl sites for hydroxylation is 1. The molecule has 0 radical (unpaired) electrons. The summed E-state index contributed by atoms with van der Waals surface area (Å²) in [6.45, 7) is 4.85. The Morgan fingerprint density at radius 2 is 1.86 bits per heavy atom. The third kappa shape index (κ3) is 2.34. The molecular weight excluding hydrogens is 276 g/mol. The Hall–Kier alpha value is -1.39. The first-order chi connectivity index (χ1) is 10.8. The highest BCUT2D eigenvalue weighted by Gasteiger charge is 2.55. The van der Waals surface area contributed by atoms with Gasteiger partial charge in [-0.3, -0.25) is 4.79 Å². The molecule has 3 aliphatic rings. The van der Waals surface area contributed by atoms with Crippen LogP contribution in [0.5, 0.6) is 0 Å². The number of aromatic nitrogens is 3. The predicted molar refractivity (Wildman–Crippen MR) is 83.2 cm³/mol. The number of rotatable bonds is 3. The summed E-state index contributed by atoms with van der Waals surface area (Å²) < 4.78 is 2.14. The van der Waals surface area contributed by atoms with Gasteiger partial charge in [-0.1, -0.05) is 12.8 Å². The van der Waals surface area contributed by atoms with Gasteiger partial charge in [0.25, 0.3) is 0 Å². The van der Waals surface area contributed by atoms with E-state index in [1.165, 1.54) is 25.7 Å². The molecule has 1 aromatic heterocycles. The molecule has 0 unspecified atom stereocenters. The topological polar surface area (TPSA) is 51.0 Å². The molecule has 1 aliphatic heterocycles. The Labute approximate surface area is 132 Å². The molecule has 1 saturated heterocycles. The first-order valence-corrected chi connectivity index (χ1v) is 8.96. The van der Waals surface area contributed by atoms with Crippen molar-refractivity contribution in [3.05, 3.63) is 12.2 Å². The first kappa shape index (κ1) is 14.2. The molecule has 1 aromatic rings. The maximum absolute atomic E-state index is 12.7. The fourth-order valence-corrected chi connectivity index (χ4v) is 4.75. The molecule has 2 saturated carbocycles. The lowest BCUT2D eigenvalue weighted by atomic mass is 9.95. The number of nitrogens with zero attached hydrogens (tertiary/aromatic N) is 4. The third-order valence-electron chi connectivity index (χ3n) is 6.10. The van der Waals surface area contributed by atoms with Crippen molar-refractivity contribution in [1.29, 1.82) is 0 Å². The Bertz CT molecular complexity index is 535. The highest BCUT2D eigenvalue weighted by atomic mass is 16.2. The van der Waals surface area contributed by atoms with E-state index in [-0.39, 0.29) is 0 Å². The Morgan fingerprint density at radius 3 is 2.50 bits per heavy atom. The summed E-state index contributed by atoms with van der Waals surface area (Å²) in [5.74, 6) is 3.85. The van der Waals surface area contributed by atoms with E-state index in [4.69, 9.17) is 0 Å². The number of amides is 1. The average Bonchev–Trinajstić information content (AvgIpc) is 3.10. The SMILES string of the molecule is CCn1cnnc1C1CCN(C(=O)C2[C@H]3CCCC[C@H]23)CC1. The maximum atomic E-state index is 12.7. The van der Waals surface area contributed by atoms with Gasteiger partial charge in [0.1, 0.15) is 12.2 Å². The zero-order chi connectivity index (χ0) is 15.1. The molecule has 0 bridgehead atoms. The summed E-state index contributed by atoms with van der Waals surface area (Å²) in [5, 5.41) is 8.34. The van der Waals surface area contributed by atoms with E-state index >= 15 is 0 Å². The van der Waals surface area contributed by atoms with Gasteiger partial charge in [0, 0.05) is 31.5 Å². The van der Waals surface area contributed by atoms with Crippen LogP contribution >= 0.6 is 0 Å². The van der Waals surface area contributed by atoms with Crippen LogP contribution in [0.25, 0.3) is 0 Å². The normalized spacial score (nSPS) is 31.9. The number of hydrogen-bond donors (Lipinski definition) is 0. The zero-order valence-electron chi connectivity index (χ0n) is 13.4. The second-order valence-corrected chi connectivity index (χ2v) is 7.21. The van der Waals surface area contributed by atoms with Crippen LogP contribution in [0.2, 0.25) is 0 Å². The summed E-state index contributed by atoms with van der Waals surface area (Å²) in [5.41, 5.74) is 0. The molecule has 3 fully saturated rings. The van der Waals surface area contributed by atoms with E-state index in [2.05, 4.69) is 26.6 Å². The number of carbonyl (C=O) groups is 1. The van der Waals surface area contributed by atoms with E-state index < -0.39 is 0 Å². The van der Waals surface area contributed by atoms with E-state index in [9.17, 15) is 4.79 Å². The molecule has 120 valence electrons. The van der Waals surface area contributed by atoms with Crippen molar-refractivity contribution in [3.8, 4) is 0 Å². The minimum absolute atomic E-state index is 0.373. The van der Waals surface area contributed by atoms with Crippen LogP contribution in [0, 0.1) is 17.8 Å². The summed E-state index contributed by atoms with van der Waals surface area (Å²) >= 11 is 0. The van der Waals surface area contributed by atoms with E-state index in [1.807, 2.05) is 6.33 Å². The van der Waals surface area contributed by atoms with Crippen molar-refractivity contribution >= 4 is 5.91 Å². The van der Waals surface area contributed by atoms with Crippen LogP contribution in [0.1, 0.15) is 57.2 Å². The lowest BCUT2D eigenvalue weighted by Gasteiger charge is -2.32. The van der Waals surface area contributed by atoms with Gasteiger partial charge < -0.3 is 9.47 Å². The molecule has 5 nitrogen and oxygen atoms in total. The van der Waals surface area contributed by atoms with Gasteiger partial charge >= 0.3 is 0 Å². The molecule has 22 heavy (non-hydrogen) atoms. The van der Waals surface area contributed by atoms with Crippen molar-refractivity contribution in [3.63, 3.8) is 0 Å². The molecule has 4 rings (SSSR count). The number of carbonyl (C=O) groups excluding carboxylic acids is 1. The fourth-order valence-electron chi connectivity index (χ4n) is 4.75. The molecule has 2 atom stereocenters. The Morgan fingerprint density at radius 1 is 1.18 bits per heavy atom.